The van der Waals surface area contributed by atoms with Gasteiger partial charge in [-0.15, -0.1) is 0 Å². The van der Waals surface area contributed by atoms with Crippen LogP contribution >= 0.6 is 0 Å². The monoisotopic (exact) mass is 175 g/mol. The largest absolute Gasteiger partial charge is 0.193 e. The van der Waals surface area contributed by atoms with Gasteiger partial charge in [0.1, 0.15) is 0 Å². The molecular weight excluding hydrogens is 158 g/mol. The zero-order chi connectivity index (χ0) is 11.1. The molecule has 0 bridgehead atoms. The summed E-state index contributed by atoms with van der Waals surface area (Å²) in [6, 6.07) is 1.69. The summed E-state index contributed by atoms with van der Waals surface area (Å²) in [5.41, 5.74) is 1.02. The molecule has 0 spiro atoms. The lowest BCUT2D eigenvalue weighted by Crippen LogP contribution is -1.50. The van der Waals surface area contributed by atoms with E-state index < -0.39 is 0 Å². The molecule has 0 amide bonds. The molecule has 0 saturated heterocycles. The molecule has 13 heavy (non-hydrogen) atoms. The first-order valence-corrected chi connectivity index (χ1v) is 3.62. The van der Waals surface area contributed by atoms with Crippen molar-refractivity contribution in [2.45, 2.75) is 6.92 Å². The highest BCUT2D eigenvalue weighted by molar-refractivity contribution is 5.05. The Balaban J connectivity index is -0.000000117. The summed E-state index contributed by atoms with van der Waals surface area (Å²) < 4.78 is 0. The molecule has 0 unspecified atom stereocenters. The summed E-state index contributed by atoms with van der Waals surface area (Å²) in [7, 11) is 0. The SMILES string of the molecule is C=CC#N.C=CC(=C)C.C=CC=C. The highest BCUT2D eigenvalue weighted by atomic mass is 14.2. The summed E-state index contributed by atoms with van der Waals surface area (Å²) >= 11 is 0. The first-order chi connectivity index (χ1) is 6.10. The molecule has 0 heterocycles. The highest BCUT2D eigenvalue weighted by Gasteiger charge is 1.59. The zero-order valence-corrected chi connectivity index (χ0v) is 8.29. The molecule has 0 aromatic heterocycles. The van der Waals surface area contributed by atoms with Gasteiger partial charge < -0.3 is 0 Å². The van der Waals surface area contributed by atoms with Crippen LogP contribution in [0.25, 0.3) is 0 Å². The van der Waals surface area contributed by atoms with Crippen molar-refractivity contribution in [2.24, 2.45) is 0 Å². The van der Waals surface area contributed by atoms with Gasteiger partial charge in [-0.05, 0) is 6.92 Å². The molecule has 0 aliphatic rings. The molecule has 0 aliphatic carbocycles. The average molecular weight is 175 g/mol. The maximum atomic E-state index is 7.51. The first kappa shape index (κ1) is 17.3. The third-order valence-corrected chi connectivity index (χ3v) is 0.606. The van der Waals surface area contributed by atoms with Crippen LogP contribution in [0, 0.1) is 11.3 Å². The highest BCUT2D eigenvalue weighted by Crippen LogP contribution is 1.81. The zero-order valence-electron chi connectivity index (χ0n) is 8.29. The van der Waals surface area contributed by atoms with Gasteiger partial charge in [-0.1, -0.05) is 56.7 Å². The van der Waals surface area contributed by atoms with Crippen molar-refractivity contribution in [1.29, 1.82) is 5.26 Å². The minimum Gasteiger partial charge on any atom is -0.193 e. The lowest BCUT2D eigenvalue weighted by molar-refractivity contribution is 1.54. The average Bonchev–Trinajstić information content (AvgIpc) is 2.18. The van der Waals surface area contributed by atoms with Crippen molar-refractivity contribution in [2.75, 3.05) is 0 Å². The molecule has 0 N–H and O–H groups in total. The Labute approximate surface area is 81.7 Å². The molecule has 70 valence electrons. The number of hydrogen-bond donors (Lipinski definition) is 0. The molecule has 0 aliphatic heterocycles. The van der Waals surface area contributed by atoms with E-state index in [0.717, 1.165) is 5.57 Å². The lowest BCUT2D eigenvalue weighted by atomic mass is 10.4. The Bertz CT molecular complexity index is 198. The Morgan fingerprint density at radius 1 is 1.15 bits per heavy atom. The van der Waals surface area contributed by atoms with Gasteiger partial charge in [0.2, 0.25) is 0 Å². The molecule has 0 aromatic carbocycles. The summed E-state index contributed by atoms with van der Waals surface area (Å²) in [4.78, 5) is 0. The van der Waals surface area contributed by atoms with Gasteiger partial charge in [0.25, 0.3) is 0 Å². The van der Waals surface area contributed by atoms with E-state index in [2.05, 4.69) is 32.9 Å². The summed E-state index contributed by atoms with van der Waals surface area (Å²) in [6.07, 6.45) is 6.18. The summed E-state index contributed by atoms with van der Waals surface area (Å²) in [5, 5.41) is 7.51. The van der Waals surface area contributed by atoms with E-state index in [9.17, 15) is 0 Å². The standard InChI is InChI=1S/C5H8.C4H6.C3H3N/c1-4-5(2)3;1-3-4-2;1-2-3-4/h4H,1-2H2,3H3;3-4H,1-2H2;2H,1H2. The Morgan fingerprint density at radius 3 is 1.38 bits per heavy atom. The van der Waals surface area contributed by atoms with E-state index in [1.165, 1.54) is 6.08 Å². The van der Waals surface area contributed by atoms with Gasteiger partial charge in [-0.2, -0.15) is 5.26 Å². The Kier molecular flexibility index (Phi) is 29.9. The maximum Gasteiger partial charge on any atom is 0.0905 e. The van der Waals surface area contributed by atoms with Crippen LogP contribution in [0.1, 0.15) is 6.92 Å². The number of nitrogens with zero attached hydrogens (tertiary/aromatic N) is 1. The van der Waals surface area contributed by atoms with Crippen LogP contribution in [-0.2, 0) is 0 Å². The van der Waals surface area contributed by atoms with Crippen LogP contribution in [0.4, 0.5) is 0 Å². The topological polar surface area (TPSA) is 23.8 Å². The van der Waals surface area contributed by atoms with Crippen molar-refractivity contribution in [1.82, 2.24) is 0 Å². The normalized spacial score (nSPS) is 5.23. The van der Waals surface area contributed by atoms with Gasteiger partial charge in [0.05, 0.1) is 6.07 Å². The van der Waals surface area contributed by atoms with Crippen molar-refractivity contribution >= 4 is 0 Å². The molecule has 0 aromatic rings. The van der Waals surface area contributed by atoms with Gasteiger partial charge in [-0.3, -0.25) is 0 Å². The smallest absolute Gasteiger partial charge is 0.0905 e. The predicted molar refractivity (Wildman–Crippen MR) is 61.2 cm³/mol. The number of allylic oxidation sites excluding steroid dienone is 5. The van der Waals surface area contributed by atoms with Crippen LogP contribution in [-0.4, -0.2) is 0 Å². The van der Waals surface area contributed by atoms with Crippen molar-refractivity contribution in [3.63, 3.8) is 0 Å². The molecule has 1 nitrogen and oxygen atoms in total. The van der Waals surface area contributed by atoms with E-state index >= 15 is 0 Å². The third kappa shape index (κ3) is 143. The number of hydrogen-bond acceptors (Lipinski definition) is 1. The Morgan fingerprint density at radius 2 is 1.38 bits per heavy atom. The van der Waals surface area contributed by atoms with E-state index in [-0.39, 0.29) is 0 Å². The van der Waals surface area contributed by atoms with Gasteiger partial charge in [0.15, 0.2) is 0 Å². The minimum atomic E-state index is 1.02. The second-order valence-electron chi connectivity index (χ2n) is 1.86. The second kappa shape index (κ2) is 22.5. The van der Waals surface area contributed by atoms with Crippen molar-refractivity contribution in [3.8, 4) is 6.07 Å². The molecule has 0 atom stereocenters. The van der Waals surface area contributed by atoms with E-state index in [4.69, 9.17) is 5.26 Å². The van der Waals surface area contributed by atoms with Crippen LogP contribution in [0.5, 0.6) is 0 Å². The fraction of sp³-hybridized carbons (Fsp3) is 0.0833. The van der Waals surface area contributed by atoms with Gasteiger partial charge in [0, 0.05) is 6.08 Å². The minimum absolute atomic E-state index is 1.02. The van der Waals surface area contributed by atoms with Crippen LogP contribution in [0.15, 0.2) is 62.8 Å². The molecule has 0 fully saturated rings. The molecule has 1 heteroatoms. The van der Waals surface area contributed by atoms with Gasteiger partial charge in [-0.25, -0.2) is 0 Å². The molecular formula is C12H17N. The fourth-order valence-electron chi connectivity index (χ4n) is 0. The number of rotatable bonds is 2. The predicted octanol–water partition coefficient (Wildman–Crippen LogP) is 3.80. The van der Waals surface area contributed by atoms with Crippen LogP contribution in [0.2, 0.25) is 0 Å². The second-order valence-corrected chi connectivity index (χ2v) is 1.86. The lowest BCUT2D eigenvalue weighted by Gasteiger charge is -1.71. The first-order valence-electron chi connectivity index (χ1n) is 3.62. The quantitative estimate of drug-likeness (QED) is 0.462. The molecule has 0 radical (unpaired) electrons. The van der Waals surface area contributed by atoms with Crippen LogP contribution < -0.4 is 0 Å². The van der Waals surface area contributed by atoms with Crippen LogP contribution in [0.3, 0.4) is 0 Å². The van der Waals surface area contributed by atoms with Crippen molar-refractivity contribution in [3.05, 3.63) is 62.8 Å². The molecule has 0 saturated carbocycles. The number of nitriles is 1. The van der Waals surface area contributed by atoms with Gasteiger partial charge >= 0.3 is 0 Å². The van der Waals surface area contributed by atoms with Crippen molar-refractivity contribution < 1.29 is 0 Å². The molecule has 0 rings (SSSR count). The maximum absolute atomic E-state index is 7.51. The Hall–Kier alpha value is -1.81. The summed E-state index contributed by atoms with van der Waals surface area (Å²) in [5.74, 6) is 0. The summed E-state index contributed by atoms with van der Waals surface area (Å²) in [6.45, 7) is 18.8. The van der Waals surface area contributed by atoms with E-state index in [1.807, 2.05) is 6.92 Å². The van der Waals surface area contributed by atoms with E-state index in [0.29, 0.717) is 0 Å². The third-order valence-electron chi connectivity index (χ3n) is 0.606. The fourth-order valence-corrected chi connectivity index (χ4v) is 0. The van der Waals surface area contributed by atoms with E-state index in [1.54, 1.807) is 24.3 Å².